The Hall–Kier alpha value is -1.28. The number of benzene rings is 1. The quantitative estimate of drug-likeness (QED) is 0.785. The van der Waals surface area contributed by atoms with Crippen LogP contribution in [-0.4, -0.2) is 63.9 Å². The number of nitrogens with zero attached hydrogens (tertiary/aromatic N) is 1. The van der Waals surface area contributed by atoms with E-state index in [0.717, 1.165) is 31.1 Å². The van der Waals surface area contributed by atoms with Gasteiger partial charge in [-0.15, -0.1) is 0 Å². The van der Waals surface area contributed by atoms with Crippen LogP contribution in [0.25, 0.3) is 0 Å². The molecule has 3 aliphatic rings. The Kier molecular flexibility index (Phi) is 5.43. The van der Waals surface area contributed by atoms with Crippen LogP contribution in [0.4, 0.5) is 0 Å². The molecule has 0 saturated carbocycles. The number of fused-ring (bicyclic) bond motifs is 6. The molecular formula is C16H24BNO5. The predicted molar refractivity (Wildman–Crippen MR) is 86.7 cm³/mol. The molecule has 0 aromatic heterocycles. The van der Waals surface area contributed by atoms with Gasteiger partial charge in [-0.3, -0.25) is 4.90 Å². The third-order valence-electron chi connectivity index (χ3n) is 3.98. The second-order valence-corrected chi connectivity index (χ2v) is 6.15. The Balaban J connectivity index is 1.59. The molecule has 3 unspecified atom stereocenters. The van der Waals surface area contributed by atoms with Crippen molar-refractivity contribution < 1.29 is 23.4 Å². The molecule has 1 aromatic rings. The molecule has 0 N–H and O–H groups in total. The van der Waals surface area contributed by atoms with Gasteiger partial charge in [-0.05, 0) is 38.1 Å². The number of rotatable bonds is 4. The summed E-state index contributed by atoms with van der Waals surface area (Å²) in [5, 5.41) is 0. The van der Waals surface area contributed by atoms with Crippen molar-refractivity contribution in [3.05, 3.63) is 24.3 Å². The molecule has 2 bridgehead atoms. The first-order valence-corrected chi connectivity index (χ1v) is 8.08. The normalized spacial score (nSPS) is 31.2. The van der Waals surface area contributed by atoms with E-state index < -0.39 is 7.32 Å². The van der Waals surface area contributed by atoms with E-state index in [9.17, 15) is 0 Å². The summed E-state index contributed by atoms with van der Waals surface area (Å²) < 4.78 is 28.5. The molecule has 3 saturated heterocycles. The van der Waals surface area contributed by atoms with E-state index >= 15 is 0 Å². The lowest BCUT2D eigenvalue weighted by molar-refractivity contribution is -0.0708. The summed E-state index contributed by atoms with van der Waals surface area (Å²) in [5.74, 6) is 1.60. The highest BCUT2D eigenvalue weighted by Gasteiger charge is 2.37. The Morgan fingerprint density at radius 2 is 1.61 bits per heavy atom. The van der Waals surface area contributed by atoms with E-state index in [0.29, 0.717) is 6.61 Å². The molecule has 126 valence electrons. The van der Waals surface area contributed by atoms with Crippen molar-refractivity contribution in [3.8, 4) is 11.5 Å². The molecular weight excluding hydrogens is 297 g/mol. The minimum absolute atomic E-state index is 0.0935. The molecule has 6 nitrogen and oxygen atoms in total. The Morgan fingerprint density at radius 1 is 1.00 bits per heavy atom. The lowest BCUT2D eigenvalue weighted by Gasteiger charge is -2.39. The fourth-order valence-corrected chi connectivity index (χ4v) is 2.95. The number of hydrogen-bond acceptors (Lipinski definition) is 6. The summed E-state index contributed by atoms with van der Waals surface area (Å²) in [6.45, 7) is 7.11. The highest BCUT2D eigenvalue weighted by atomic mass is 16.7. The van der Waals surface area contributed by atoms with Crippen LogP contribution in [0.5, 0.6) is 11.5 Å². The van der Waals surface area contributed by atoms with Gasteiger partial charge in [-0.1, -0.05) is 0 Å². The molecule has 23 heavy (non-hydrogen) atoms. The summed E-state index contributed by atoms with van der Waals surface area (Å²) in [6.07, 6.45) is 0.0917. The van der Waals surface area contributed by atoms with Crippen LogP contribution in [0.15, 0.2) is 24.3 Å². The maximum atomic E-state index is 5.93. The maximum absolute atomic E-state index is 5.93. The molecule has 3 fully saturated rings. The summed E-state index contributed by atoms with van der Waals surface area (Å²) in [4.78, 5) is 2.31. The molecule has 0 aliphatic carbocycles. The molecule has 3 aliphatic heterocycles. The Morgan fingerprint density at radius 3 is 2.22 bits per heavy atom. The van der Waals surface area contributed by atoms with E-state index in [2.05, 4.69) is 4.90 Å². The van der Waals surface area contributed by atoms with Crippen LogP contribution in [0.2, 0.25) is 0 Å². The highest BCUT2D eigenvalue weighted by Crippen LogP contribution is 2.20. The fourth-order valence-electron chi connectivity index (χ4n) is 2.95. The molecule has 1 aromatic carbocycles. The van der Waals surface area contributed by atoms with Crippen molar-refractivity contribution in [1.29, 1.82) is 0 Å². The second kappa shape index (κ2) is 7.53. The third kappa shape index (κ3) is 4.60. The fraction of sp³-hybridized carbons (Fsp3) is 0.625. The smallest absolute Gasteiger partial charge is 0.497 e. The Bertz CT molecular complexity index is 468. The average Bonchev–Trinajstić information content (AvgIpc) is 2.49. The molecule has 3 heterocycles. The minimum Gasteiger partial charge on any atom is -0.497 e. The average molecular weight is 321 g/mol. The van der Waals surface area contributed by atoms with Gasteiger partial charge in [0, 0.05) is 19.6 Å². The predicted octanol–water partition coefficient (Wildman–Crippen LogP) is 1.58. The van der Waals surface area contributed by atoms with Gasteiger partial charge >= 0.3 is 7.32 Å². The largest absolute Gasteiger partial charge is 0.640 e. The van der Waals surface area contributed by atoms with E-state index in [1.165, 1.54) is 0 Å². The van der Waals surface area contributed by atoms with Crippen molar-refractivity contribution in [2.45, 2.75) is 32.2 Å². The standard InChI is InChI=1S/C16H24BNO5/c1-12-8-18-9-13(2)22-17(21-12)23-16(10-18)11-20-15-6-4-14(19-3)5-7-15/h4-7,12-13,16H,8-11H2,1-3H3. The first kappa shape index (κ1) is 16.6. The van der Waals surface area contributed by atoms with E-state index in [1.54, 1.807) is 7.11 Å². The maximum Gasteiger partial charge on any atom is 0.640 e. The van der Waals surface area contributed by atoms with Gasteiger partial charge in [0.2, 0.25) is 0 Å². The molecule has 0 spiro atoms. The summed E-state index contributed by atoms with van der Waals surface area (Å²) in [5.41, 5.74) is 0. The second-order valence-electron chi connectivity index (χ2n) is 6.15. The van der Waals surface area contributed by atoms with Crippen molar-refractivity contribution >= 4 is 7.32 Å². The van der Waals surface area contributed by atoms with E-state index in [-0.39, 0.29) is 18.3 Å². The summed E-state index contributed by atoms with van der Waals surface area (Å²) in [6, 6.07) is 7.53. The van der Waals surface area contributed by atoms with Gasteiger partial charge in [-0.25, -0.2) is 0 Å². The SMILES string of the molecule is COc1ccc(OCC2CN3CC(C)OB(OC(C)C3)O2)cc1. The topological polar surface area (TPSA) is 49.4 Å². The van der Waals surface area contributed by atoms with Gasteiger partial charge in [0.25, 0.3) is 0 Å². The molecule has 4 rings (SSSR count). The molecule has 3 atom stereocenters. The van der Waals surface area contributed by atoms with Gasteiger partial charge in [-0.2, -0.15) is 0 Å². The van der Waals surface area contributed by atoms with Crippen molar-refractivity contribution in [2.75, 3.05) is 33.4 Å². The van der Waals surface area contributed by atoms with Crippen LogP contribution >= 0.6 is 0 Å². The number of ether oxygens (including phenoxy) is 2. The van der Waals surface area contributed by atoms with Crippen LogP contribution < -0.4 is 9.47 Å². The first-order valence-electron chi connectivity index (χ1n) is 8.08. The van der Waals surface area contributed by atoms with Crippen LogP contribution in [0.1, 0.15) is 13.8 Å². The van der Waals surface area contributed by atoms with Gasteiger partial charge in [0.05, 0.1) is 25.4 Å². The zero-order chi connectivity index (χ0) is 16.2. The molecule has 7 heteroatoms. The van der Waals surface area contributed by atoms with Gasteiger partial charge in [0.1, 0.15) is 18.1 Å². The monoisotopic (exact) mass is 321 g/mol. The van der Waals surface area contributed by atoms with Gasteiger partial charge < -0.3 is 23.4 Å². The van der Waals surface area contributed by atoms with Crippen molar-refractivity contribution in [2.24, 2.45) is 0 Å². The van der Waals surface area contributed by atoms with Crippen LogP contribution in [0, 0.1) is 0 Å². The Labute approximate surface area is 137 Å². The van der Waals surface area contributed by atoms with Gasteiger partial charge in [0.15, 0.2) is 0 Å². The molecule has 0 amide bonds. The van der Waals surface area contributed by atoms with Crippen molar-refractivity contribution in [3.63, 3.8) is 0 Å². The highest BCUT2D eigenvalue weighted by molar-refractivity contribution is 6.36. The van der Waals surface area contributed by atoms with Crippen LogP contribution in [0.3, 0.4) is 0 Å². The molecule has 0 radical (unpaired) electrons. The minimum atomic E-state index is -0.619. The van der Waals surface area contributed by atoms with Crippen LogP contribution in [-0.2, 0) is 14.0 Å². The lowest BCUT2D eigenvalue weighted by Crippen LogP contribution is -2.55. The van der Waals surface area contributed by atoms with Crippen molar-refractivity contribution in [1.82, 2.24) is 4.90 Å². The lowest BCUT2D eigenvalue weighted by atomic mass is 10.1. The number of hydrogen-bond donors (Lipinski definition) is 0. The van der Waals surface area contributed by atoms with E-state index in [1.807, 2.05) is 38.1 Å². The first-order chi connectivity index (χ1) is 11.1. The third-order valence-corrected chi connectivity index (χ3v) is 3.98. The summed E-state index contributed by atoms with van der Waals surface area (Å²) in [7, 11) is 1.03. The zero-order valence-corrected chi connectivity index (χ0v) is 13.9. The van der Waals surface area contributed by atoms with E-state index in [4.69, 9.17) is 23.4 Å². The number of methoxy groups -OCH3 is 1. The summed E-state index contributed by atoms with van der Waals surface area (Å²) >= 11 is 0. The zero-order valence-electron chi connectivity index (χ0n) is 13.9.